The van der Waals surface area contributed by atoms with Crippen molar-refractivity contribution in [1.29, 1.82) is 0 Å². The Hall–Kier alpha value is -1.26. The summed E-state index contributed by atoms with van der Waals surface area (Å²) in [6, 6.07) is 7.95. The lowest BCUT2D eigenvalue weighted by Crippen LogP contribution is -2.34. The van der Waals surface area contributed by atoms with Gasteiger partial charge < -0.3 is 10.9 Å². The smallest absolute Gasteiger partial charge is 0.143 e. The van der Waals surface area contributed by atoms with Gasteiger partial charge in [0, 0.05) is 23.5 Å². The maximum absolute atomic E-state index is 8.64. The Balaban J connectivity index is 2.73. The molecule has 1 rings (SSSR count). The molecule has 3 N–H and O–H groups in total. The van der Waals surface area contributed by atoms with Crippen molar-refractivity contribution in [3.05, 3.63) is 34.9 Å². The highest BCUT2D eigenvalue weighted by Gasteiger charge is 2.18. The van der Waals surface area contributed by atoms with Crippen LogP contribution in [0.3, 0.4) is 0 Å². The number of oxime groups is 1. The minimum Gasteiger partial charge on any atom is -0.409 e. The van der Waals surface area contributed by atoms with E-state index in [9.17, 15) is 0 Å². The first-order valence-electron chi connectivity index (χ1n) is 5.89. The molecule has 0 aliphatic rings. The summed E-state index contributed by atoms with van der Waals surface area (Å²) in [5.74, 6) is 0.234. The Labute approximate surface area is 113 Å². The Bertz CT molecular complexity index is 422. The van der Waals surface area contributed by atoms with E-state index in [4.69, 9.17) is 22.5 Å². The van der Waals surface area contributed by atoms with Gasteiger partial charge >= 0.3 is 0 Å². The molecule has 0 aliphatic heterocycles. The van der Waals surface area contributed by atoms with E-state index >= 15 is 0 Å². The van der Waals surface area contributed by atoms with Gasteiger partial charge in [-0.15, -0.1) is 0 Å². The summed E-state index contributed by atoms with van der Waals surface area (Å²) in [5.41, 5.74) is 6.66. The van der Waals surface area contributed by atoms with Gasteiger partial charge in [0.2, 0.25) is 0 Å². The third kappa shape index (κ3) is 3.62. The molecular formula is C13H20ClN3O. The Kier molecular flexibility index (Phi) is 5.44. The molecule has 0 radical (unpaired) electrons. The largest absolute Gasteiger partial charge is 0.409 e. The second-order valence-electron chi connectivity index (χ2n) is 4.56. The van der Waals surface area contributed by atoms with Crippen LogP contribution in [0.5, 0.6) is 0 Å². The molecule has 0 aromatic heterocycles. The molecule has 0 fully saturated rings. The fourth-order valence-electron chi connectivity index (χ4n) is 1.83. The maximum atomic E-state index is 8.64. The second kappa shape index (κ2) is 6.61. The van der Waals surface area contributed by atoms with E-state index in [0.29, 0.717) is 6.54 Å². The van der Waals surface area contributed by atoms with E-state index in [1.165, 1.54) is 0 Å². The molecule has 1 aromatic carbocycles. The van der Waals surface area contributed by atoms with Crippen LogP contribution in [0.1, 0.15) is 25.5 Å². The first kappa shape index (κ1) is 14.8. The van der Waals surface area contributed by atoms with Crippen LogP contribution in [-0.4, -0.2) is 29.5 Å². The number of nitrogens with two attached hydrogens (primary N) is 1. The predicted octanol–water partition coefficient (Wildman–Crippen LogP) is 2.72. The van der Waals surface area contributed by atoms with Crippen molar-refractivity contribution in [3.63, 3.8) is 0 Å². The van der Waals surface area contributed by atoms with E-state index in [1.54, 1.807) is 0 Å². The zero-order valence-electron chi connectivity index (χ0n) is 11.0. The van der Waals surface area contributed by atoms with Crippen molar-refractivity contribution in [2.24, 2.45) is 16.8 Å². The third-order valence-corrected chi connectivity index (χ3v) is 3.54. The van der Waals surface area contributed by atoms with E-state index in [1.807, 2.05) is 38.2 Å². The van der Waals surface area contributed by atoms with Crippen LogP contribution in [0.25, 0.3) is 0 Å². The zero-order valence-corrected chi connectivity index (χ0v) is 11.7. The second-order valence-corrected chi connectivity index (χ2v) is 4.97. The molecule has 0 amide bonds. The number of halogens is 1. The van der Waals surface area contributed by atoms with E-state index in [0.717, 1.165) is 10.6 Å². The quantitative estimate of drug-likeness (QED) is 0.374. The van der Waals surface area contributed by atoms with E-state index in [-0.39, 0.29) is 17.8 Å². The summed E-state index contributed by atoms with van der Waals surface area (Å²) in [4.78, 5) is 2.13. The van der Waals surface area contributed by atoms with Gasteiger partial charge in [0.05, 0.1) is 0 Å². The normalized spacial score (nSPS) is 15.7. The van der Waals surface area contributed by atoms with E-state index in [2.05, 4.69) is 17.0 Å². The van der Waals surface area contributed by atoms with Crippen LogP contribution in [0.4, 0.5) is 0 Å². The first-order valence-corrected chi connectivity index (χ1v) is 6.27. The van der Waals surface area contributed by atoms with Crippen molar-refractivity contribution in [2.75, 3.05) is 13.6 Å². The summed E-state index contributed by atoms with van der Waals surface area (Å²) in [6.07, 6.45) is 0. The van der Waals surface area contributed by atoms with Gasteiger partial charge in [-0.25, -0.2) is 0 Å². The van der Waals surface area contributed by atoms with Crippen LogP contribution in [0.15, 0.2) is 29.4 Å². The van der Waals surface area contributed by atoms with Crippen LogP contribution >= 0.6 is 11.6 Å². The molecule has 0 bridgehead atoms. The van der Waals surface area contributed by atoms with Crippen molar-refractivity contribution >= 4 is 17.4 Å². The van der Waals surface area contributed by atoms with Crippen LogP contribution < -0.4 is 5.73 Å². The molecule has 5 heteroatoms. The fraction of sp³-hybridized carbons (Fsp3) is 0.462. The van der Waals surface area contributed by atoms with Crippen molar-refractivity contribution in [2.45, 2.75) is 19.9 Å². The average Bonchev–Trinajstić information content (AvgIpc) is 2.37. The first-order chi connectivity index (χ1) is 8.47. The summed E-state index contributed by atoms with van der Waals surface area (Å²) < 4.78 is 0. The molecule has 0 aliphatic carbocycles. The van der Waals surface area contributed by atoms with E-state index < -0.39 is 0 Å². The van der Waals surface area contributed by atoms with Gasteiger partial charge in [0.25, 0.3) is 0 Å². The number of benzene rings is 1. The van der Waals surface area contributed by atoms with Gasteiger partial charge in [-0.1, -0.05) is 41.9 Å². The lowest BCUT2D eigenvalue weighted by Gasteiger charge is -2.28. The monoisotopic (exact) mass is 269 g/mol. The minimum atomic E-state index is -0.00932. The van der Waals surface area contributed by atoms with Gasteiger partial charge in [0.15, 0.2) is 0 Å². The van der Waals surface area contributed by atoms with Crippen LogP contribution in [0, 0.1) is 5.92 Å². The standard InChI is InChI=1S/C13H20ClN3O/c1-9(13(15)16-18)8-17(3)10(2)11-6-4-5-7-12(11)14/h4-7,9-10,18H,8H2,1-3H3,(H2,15,16). The number of nitrogens with zero attached hydrogens (tertiary/aromatic N) is 2. The van der Waals surface area contributed by atoms with Crippen molar-refractivity contribution < 1.29 is 5.21 Å². The highest BCUT2D eigenvalue weighted by atomic mass is 35.5. The molecule has 0 heterocycles. The molecule has 2 atom stereocenters. The SMILES string of the molecule is CC(CN(C)C(C)c1ccccc1Cl)C(N)=NO. The fourth-order valence-corrected chi connectivity index (χ4v) is 2.13. The molecule has 0 saturated carbocycles. The molecule has 2 unspecified atom stereocenters. The lowest BCUT2D eigenvalue weighted by atomic mass is 10.1. The Morgan fingerprint density at radius 3 is 2.61 bits per heavy atom. The zero-order chi connectivity index (χ0) is 13.7. The lowest BCUT2D eigenvalue weighted by molar-refractivity contribution is 0.243. The third-order valence-electron chi connectivity index (χ3n) is 3.20. The molecule has 0 saturated heterocycles. The van der Waals surface area contributed by atoms with Crippen molar-refractivity contribution in [3.8, 4) is 0 Å². The van der Waals surface area contributed by atoms with Gasteiger partial charge in [-0.3, -0.25) is 4.90 Å². The summed E-state index contributed by atoms with van der Waals surface area (Å²) in [5, 5.41) is 12.4. The molecular weight excluding hydrogens is 250 g/mol. The highest BCUT2D eigenvalue weighted by molar-refractivity contribution is 6.31. The molecule has 0 spiro atoms. The topological polar surface area (TPSA) is 61.8 Å². The highest BCUT2D eigenvalue weighted by Crippen LogP contribution is 2.26. The summed E-state index contributed by atoms with van der Waals surface area (Å²) >= 11 is 6.17. The molecule has 100 valence electrons. The van der Waals surface area contributed by atoms with Gasteiger partial charge in [-0.2, -0.15) is 0 Å². The maximum Gasteiger partial charge on any atom is 0.143 e. The number of amidine groups is 1. The van der Waals surface area contributed by atoms with Gasteiger partial charge in [0.1, 0.15) is 5.84 Å². The van der Waals surface area contributed by atoms with Gasteiger partial charge in [-0.05, 0) is 25.6 Å². The minimum absolute atomic E-state index is 0.00932. The van der Waals surface area contributed by atoms with Crippen LogP contribution in [-0.2, 0) is 0 Å². The average molecular weight is 270 g/mol. The number of hydrogen-bond acceptors (Lipinski definition) is 3. The summed E-state index contributed by atoms with van der Waals surface area (Å²) in [7, 11) is 2.00. The predicted molar refractivity (Wildman–Crippen MR) is 75.1 cm³/mol. The molecule has 1 aromatic rings. The molecule has 18 heavy (non-hydrogen) atoms. The van der Waals surface area contributed by atoms with Crippen LogP contribution in [0.2, 0.25) is 5.02 Å². The van der Waals surface area contributed by atoms with Crippen molar-refractivity contribution in [1.82, 2.24) is 4.90 Å². The summed E-state index contributed by atoms with van der Waals surface area (Å²) in [6.45, 7) is 4.70. The molecule has 4 nitrogen and oxygen atoms in total. The Morgan fingerprint density at radius 2 is 2.06 bits per heavy atom. The Morgan fingerprint density at radius 1 is 1.44 bits per heavy atom. The number of rotatable bonds is 5. The number of hydrogen-bond donors (Lipinski definition) is 2.